The van der Waals surface area contributed by atoms with Crippen LogP contribution in [-0.2, 0) is 0 Å². The maximum atomic E-state index is 6.01. The van der Waals surface area contributed by atoms with E-state index in [1.807, 2.05) is 0 Å². The molecule has 2 aromatic rings. The molecule has 1 aliphatic rings. The Morgan fingerprint density at radius 2 is 2.35 bits per heavy atom. The highest BCUT2D eigenvalue weighted by molar-refractivity contribution is 7.18. The Morgan fingerprint density at radius 1 is 1.50 bits per heavy atom. The first-order chi connectivity index (χ1) is 9.61. The lowest BCUT2D eigenvalue weighted by Crippen LogP contribution is -2.35. The van der Waals surface area contributed by atoms with Crippen LogP contribution in [0.2, 0.25) is 5.28 Å². The van der Waals surface area contributed by atoms with E-state index in [1.54, 1.807) is 11.3 Å². The fraction of sp³-hybridized carbons (Fsp3) is 0.571. The first-order valence-corrected chi connectivity index (χ1v) is 8.17. The van der Waals surface area contributed by atoms with E-state index in [4.69, 9.17) is 11.6 Å². The number of anilines is 1. The van der Waals surface area contributed by atoms with E-state index >= 15 is 0 Å². The Balaban J connectivity index is 1.76. The number of piperidine rings is 1. The number of hydrogen-bond donors (Lipinski definition) is 1. The van der Waals surface area contributed by atoms with Crippen LogP contribution >= 0.6 is 22.9 Å². The van der Waals surface area contributed by atoms with Gasteiger partial charge in [-0.1, -0.05) is 0 Å². The summed E-state index contributed by atoms with van der Waals surface area (Å²) in [6.07, 6.45) is 2.56. The summed E-state index contributed by atoms with van der Waals surface area (Å²) in [7, 11) is 2.19. The first kappa shape index (κ1) is 14.0. The zero-order chi connectivity index (χ0) is 14.1. The van der Waals surface area contributed by atoms with Gasteiger partial charge in [0.05, 0.1) is 5.39 Å². The summed E-state index contributed by atoms with van der Waals surface area (Å²) in [5, 5.41) is 4.88. The van der Waals surface area contributed by atoms with Crippen molar-refractivity contribution >= 4 is 39.0 Å². The lowest BCUT2D eigenvalue weighted by Gasteiger charge is -2.29. The lowest BCUT2D eigenvalue weighted by molar-refractivity contribution is 0.217. The Kier molecular flexibility index (Phi) is 4.10. The molecular weight excluding hydrogens is 292 g/mol. The monoisotopic (exact) mass is 310 g/mol. The number of nitrogens with zero attached hydrogens (tertiary/aromatic N) is 3. The molecular formula is C14H19ClN4S. The van der Waals surface area contributed by atoms with E-state index in [0.717, 1.165) is 29.1 Å². The predicted octanol–water partition coefficient (Wildman–Crippen LogP) is 3.41. The summed E-state index contributed by atoms with van der Waals surface area (Å²) < 4.78 is 0. The third-order valence-corrected chi connectivity index (χ3v) is 4.88. The van der Waals surface area contributed by atoms with E-state index < -0.39 is 0 Å². The zero-order valence-corrected chi connectivity index (χ0v) is 13.4. The molecule has 20 heavy (non-hydrogen) atoms. The molecule has 0 saturated carbocycles. The Bertz CT molecular complexity index is 612. The van der Waals surface area contributed by atoms with Gasteiger partial charge >= 0.3 is 0 Å². The van der Waals surface area contributed by atoms with Gasteiger partial charge in [-0.2, -0.15) is 0 Å². The third-order valence-electron chi connectivity index (χ3n) is 3.77. The van der Waals surface area contributed by atoms with Gasteiger partial charge in [0.25, 0.3) is 0 Å². The van der Waals surface area contributed by atoms with Crippen molar-refractivity contribution < 1.29 is 0 Å². The quantitative estimate of drug-likeness (QED) is 0.882. The highest BCUT2D eigenvalue weighted by Gasteiger charge is 2.18. The number of rotatable bonds is 3. The second-order valence-electron chi connectivity index (χ2n) is 5.57. The van der Waals surface area contributed by atoms with Gasteiger partial charge < -0.3 is 10.2 Å². The minimum Gasteiger partial charge on any atom is -0.369 e. The number of thiophene rings is 1. The van der Waals surface area contributed by atoms with Gasteiger partial charge in [-0.15, -0.1) is 11.3 Å². The largest absolute Gasteiger partial charge is 0.369 e. The van der Waals surface area contributed by atoms with Crippen molar-refractivity contribution in [1.82, 2.24) is 14.9 Å². The van der Waals surface area contributed by atoms with E-state index in [-0.39, 0.29) is 0 Å². The van der Waals surface area contributed by atoms with Crippen molar-refractivity contribution in [1.29, 1.82) is 0 Å². The maximum Gasteiger partial charge on any atom is 0.225 e. The molecule has 0 radical (unpaired) electrons. The molecule has 0 amide bonds. The molecule has 0 spiro atoms. The third kappa shape index (κ3) is 3.05. The van der Waals surface area contributed by atoms with Crippen molar-refractivity contribution in [3.05, 3.63) is 16.2 Å². The summed E-state index contributed by atoms with van der Waals surface area (Å²) in [4.78, 5) is 13.2. The molecule has 3 heterocycles. The van der Waals surface area contributed by atoms with Crippen molar-refractivity contribution in [2.45, 2.75) is 19.8 Å². The van der Waals surface area contributed by atoms with Gasteiger partial charge in [-0.05, 0) is 56.9 Å². The van der Waals surface area contributed by atoms with Crippen molar-refractivity contribution in [3.8, 4) is 0 Å². The minimum absolute atomic E-state index is 0.322. The van der Waals surface area contributed by atoms with Crippen LogP contribution in [0.15, 0.2) is 6.07 Å². The van der Waals surface area contributed by atoms with Crippen LogP contribution in [0.25, 0.3) is 10.2 Å². The minimum atomic E-state index is 0.322. The lowest BCUT2D eigenvalue weighted by atomic mass is 9.98. The molecule has 0 aliphatic carbocycles. The number of hydrogen-bond acceptors (Lipinski definition) is 5. The van der Waals surface area contributed by atoms with E-state index in [9.17, 15) is 0 Å². The molecule has 6 heteroatoms. The van der Waals surface area contributed by atoms with Crippen LogP contribution in [0.1, 0.15) is 17.7 Å². The summed E-state index contributed by atoms with van der Waals surface area (Å²) >= 11 is 7.67. The van der Waals surface area contributed by atoms with Crippen molar-refractivity contribution in [2.24, 2.45) is 5.92 Å². The van der Waals surface area contributed by atoms with Crippen molar-refractivity contribution in [3.63, 3.8) is 0 Å². The van der Waals surface area contributed by atoms with Crippen LogP contribution in [0.5, 0.6) is 0 Å². The number of nitrogens with one attached hydrogen (secondary N) is 1. The second kappa shape index (κ2) is 5.84. The van der Waals surface area contributed by atoms with Crippen LogP contribution in [0, 0.1) is 12.8 Å². The number of halogens is 1. The Hall–Kier alpha value is -0.910. The molecule has 1 aliphatic heterocycles. The van der Waals surface area contributed by atoms with E-state index in [1.165, 1.54) is 24.3 Å². The number of aryl methyl sites for hydroxylation is 1. The van der Waals surface area contributed by atoms with Gasteiger partial charge in [0.1, 0.15) is 10.6 Å². The summed E-state index contributed by atoms with van der Waals surface area (Å²) in [6, 6.07) is 2.13. The van der Waals surface area contributed by atoms with Gasteiger partial charge in [0, 0.05) is 18.0 Å². The summed E-state index contributed by atoms with van der Waals surface area (Å²) in [5.41, 5.74) is 0. The molecule has 2 aromatic heterocycles. The van der Waals surface area contributed by atoms with Gasteiger partial charge in [-0.3, -0.25) is 0 Å². The smallest absolute Gasteiger partial charge is 0.225 e. The Labute approximate surface area is 128 Å². The SMILES string of the molecule is Cc1cc2c(NCC3CCCN(C)C3)nc(Cl)nc2s1. The highest BCUT2D eigenvalue weighted by atomic mass is 35.5. The summed E-state index contributed by atoms with van der Waals surface area (Å²) in [5.74, 6) is 1.55. The highest BCUT2D eigenvalue weighted by Crippen LogP contribution is 2.29. The number of fused-ring (bicyclic) bond motifs is 1. The molecule has 1 unspecified atom stereocenters. The van der Waals surface area contributed by atoms with E-state index in [2.05, 4.69) is 40.2 Å². The molecule has 108 valence electrons. The van der Waals surface area contributed by atoms with Crippen molar-refractivity contribution in [2.75, 3.05) is 32.0 Å². The topological polar surface area (TPSA) is 41.0 Å². The second-order valence-corrected chi connectivity index (χ2v) is 7.14. The molecule has 3 rings (SSSR count). The van der Waals surface area contributed by atoms with Crippen LogP contribution in [0.3, 0.4) is 0 Å². The molecule has 1 N–H and O–H groups in total. The standard InChI is InChI=1S/C14H19ClN4S/c1-9-6-11-12(17-14(15)18-13(11)20-9)16-7-10-4-3-5-19(2)8-10/h6,10H,3-5,7-8H2,1-2H3,(H,16,17,18). The summed E-state index contributed by atoms with van der Waals surface area (Å²) in [6.45, 7) is 5.39. The number of likely N-dealkylation sites (tertiary alicyclic amines) is 1. The van der Waals surface area contributed by atoms with Crippen LogP contribution in [0.4, 0.5) is 5.82 Å². The normalized spacial score (nSPS) is 20.4. The molecule has 1 saturated heterocycles. The average molecular weight is 311 g/mol. The average Bonchev–Trinajstić information content (AvgIpc) is 2.76. The molecule has 0 aromatic carbocycles. The number of aromatic nitrogens is 2. The maximum absolute atomic E-state index is 6.01. The van der Waals surface area contributed by atoms with Crippen LogP contribution in [-0.4, -0.2) is 41.5 Å². The molecule has 1 fully saturated rings. The zero-order valence-electron chi connectivity index (χ0n) is 11.8. The van der Waals surface area contributed by atoms with Gasteiger partial charge in [0.2, 0.25) is 5.28 Å². The molecule has 4 nitrogen and oxygen atoms in total. The van der Waals surface area contributed by atoms with Gasteiger partial charge in [-0.25, -0.2) is 9.97 Å². The Morgan fingerprint density at radius 3 is 3.15 bits per heavy atom. The predicted molar refractivity (Wildman–Crippen MR) is 85.9 cm³/mol. The first-order valence-electron chi connectivity index (χ1n) is 6.98. The fourth-order valence-electron chi connectivity index (χ4n) is 2.83. The molecule has 0 bridgehead atoms. The molecule has 1 atom stereocenters. The van der Waals surface area contributed by atoms with Gasteiger partial charge in [0.15, 0.2) is 0 Å². The van der Waals surface area contributed by atoms with E-state index in [0.29, 0.717) is 11.2 Å². The fourth-order valence-corrected chi connectivity index (χ4v) is 3.93. The van der Waals surface area contributed by atoms with Crippen LogP contribution < -0.4 is 5.32 Å².